The number of rotatable bonds is 4. The second-order valence-corrected chi connectivity index (χ2v) is 5.42. The van der Waals surface area contributed by atoms with Crippen LogP contribution in [0.3, 0.4) is 0 Å². The van der Waals surface area contributed by atoms with E-state index < -0.39 is 0 Å². The van der Waals surface area contributed by atoms with E-state index in [1.807, 2.05) is 18.2 Å². The fourth-order valence-corrected chi connectivity index (χ4v) is 2.61. The van der Waals surface area contributed by atoms with Crippen molar-refractivity contribution in [3.05, 3.63) is 48.7 Å². The summed E-state index contributed by atoms with van der Waals surface area (Å²) in [5, 5.41) is 4.03. The van der Waals surface area contributed by atoms with Crippen LogP contribution < -0.4 is 4.90 Å². The fraction of sp³-hybridized carbons (Fsp3) is 0.312. The normalized spacial score (nSPS) is 17.8. The molecule has 122 valence electrons. The molecule has 3 aromatic heterocycles. The molecule has 0 aromatic carbocycles. The van der Waals surface area contributed by atoms with Gasteiger partial charge in [0.25, 0.3) is 5.89 Å². The molecule has 1 aliphatic heterocycles. The Balaban J connectivity index is 1.43. The van der Waals surface area contributed by atoms with Gasteiger partial charge in [-0.25, -0.2) is 9.97 Å². The first-order valence-corrected chi connectivity index (χ1v) is 7.76. The van der Waals surface area contributed by atoms with Crippen molar-refractivity contribution in [3.8, 4) is 11.6 Å². The smallest absolute Gasteiger partial charge is 0.276 e. The third-order valence-electron chi connectivity index (χ3n) is 3.74. The minimum Gasteiger partial charge on any atom is -0.374 e. The van der Waals surface area contributed by atoms with Gasteiger partial charge in [-0.1, -0.05) is 11.2 Å². The molecule has 0 spiro atoms. The summed E-state index contributed by atoms with van der Waals surface area (Å²) >= 11 is 0. The summed E-state index contributed by atoms with van der Waals surface area (Å²) < 4.78 is 11.1. The molecule has 1 aliphatic rings. The highest BCUT2D eigenvalue weighted by Gasteiger charge is 2.24. The number of nitrogens with zero attached hydrogens (tertiary/aromatic N) is 6. The van der Waals surface area contributed by atoms with Gasteiger partial charge < -0.3 is 14.2 Å². The maximum Gasteiger partial charge on any atom is 0.276 e. The van der Waals surface area contributed by atoms with Crippen LogP contribution in [0.1, 0.15) is 5.82 Å². The molecule has 24 heavy (non-hydrogen) atoms. The van der Waals surface area contributed by atoms with Crippen LogP contribution in [0.25, 0.3) is 11.6 Å². The third-order valence-corrected chi connectivity index (χ3v) is 3.74. The van der Waals surface area contributed by atoms with Gasteiger partial charge >= 0.3 is 0 Å². The number of aromatic nitrogens is 5. The van der Waals surface area contributed by atoms with E-state index in [2.05, 4.69) is 30.0 Å². The first-order valence-electron chi connectivity index (χ1n) is 7.76. The minimum atomic E-state index is -0.0308. The Morgan fingerprint density at radius 3 is 2.79 bits per heavy atom. The molecule has 0 radical (unpaired) electrons. The molecule has 0 amide bonds. The lowest BCUT2D eigenvalue weighted by atomic mass is 10.2. The maximum absolute atomic E-state index is 5.81. The molecule has 0 aliphatic carbocycles. The molecule has 0 N–H and O–H groups in total. The lowest BCUT2D eigenvalue weighted by Crippen LogP contribution is -2.44. The standard InChI is InChI=1S/C16H16N6O2/c1-2-5-17-13(4-1)15-20-14(21-24-15)10-12-11-22(8-9-23-12)16-18-6-3-7-19-16/h1-7,12H,8-11H2/t12-/m1/s1. The molecule has 0 bridgehead atoms. The molecule has 3 aromatic rings. The number of morpholine rings is 1. The van der Waals surface area contributed by atoms with Crippen molar-refractivity contribution in [1.29, 1.82) is 0 Å². The van der Waals surface area contributed by atoms with E-state index in [0.29, 0.717) is 42.9 Å². The van der Waals surface area contributed by atoms with Gasteiger partial charge in [-0.3, -0.25) is 4.98 Å². The van der Waals surface area contributed by atoms with Crippen molar-refractivity contribution in [1.82, 2.24) is 25.1 Å². The highest BCUT2D eigenvalue weighted by molar-refractivity contribution is 5.45. The lowest BCUT2D eigenvalue weighted by molar-refractivity contribution is 0.0389. The summed E-state index contributed by atoms with van der Waals surface area (Å²) in [5.41, 5.74) is 0.667. The first kappa shape index (κ1) is 14.7. The van der Waals surface area contributed by atoms with Crippen molar-refractivity contribution in [2.45, 2.75) is 12.5 Å². The van der Waals surface area contributed by atoms with Crippen molar-refractivity contribution in [2.75, 3.05) is 24.6 Å². The summed E-state index contributed by atoms with van der Waals surface area (Å²) in [6.07, 6.45) is 5.72. The number of ether oxygens (including phenoxy) is 1. The van der Waals surface area contributed by atoms with Crippen LogP contribution in [0.5, 0.6) is 0 Å². The van der Waals surface area contributed by atoms with Crippen LogP contribution in [0.4, 0.5) is 5.95 Å². The summed E-state index contributed by atoms with van der Waals surface area (Å²) in [6, 6.07) is 7.37. The predicted octanol–water partition coefficient (Wildman–Crippen LogP) is 1.37. The number of anilines is 1. The molecule has 1 atom stereocenters. The molecule has 0 unspecified atom stereocenters. The zero-order chi connectivity index (χ0) is 16.2. The van der Waals surface area contributed by atoms with Crippen LogP contribution in [-0.4, -0.2) is 50.9 Å². The van der Waals surface area contributed by atoms with Gasteiger partial charge in [-0.15, -0.1) is 0 Å². The van der Waals surface area contributed by atoms with Crippen LogP contribution in [-0.2, 0) is 11.2 Å². The van der Waals surface area contributed by atoms with E-state index in [0.717, 1.165) is 6.54 Å². The average Bonchev–Trinajstić information content (AvgIpc) is 3.12. The summed E-state index contributed by atoms with van der Waals surface area (Å²) in [7, 11) is 0. The molecular weight excluding hydrogens is 308 g/mol. The Labute approximate surface area is 138 Å². The molecule has 0 saturated carbocycles. The van der Waals surface area contributed by atoms with Crippen molar-refractivity contribution in [2.24, 2.45) is 0 Å². The number of hydrogen-bond donors (Lipinski definition) is 0. The van der Waals surface area contributed by atoms with Gasteiger partial charge in [0.05, 0.1) is 12.7 Å². The zero-order valence-electron chi connectivity index (χ0n) is 12.9. The summed E-state index contributed by atoms with van der Waals surface area (Å²) in [6.45, 7) is 2.08. The molecule has 4 heterocycles. The van der Waals surface area contributed by atoms with Gasteiger partial charge in [0.15, 0.2) is 5.82 Å². The summed E-state index contributed by atoms with van der Waals surface area (Å²) in [5.74, 6) is 1.74. The molecule has 1 saturated heterocycles. The van der Waals surface area contributed by atoms with Gasteiger partial charge in [-0.2, -0.15) is 4.98 Å². The predicted molar refractivity (Wildman–Crippen MR) is 85.2 cm³/mol. The van der Waals surface area contributed by atoms with E-state index in [4.69, 9.17) is 9.26 Å². The van der Waals surface area contributed by atoms with E-state index in [1.54, 1.807) is 24.7 Å². The second kappa shape index (κ2) is 6.71. The van der Waals surface area contributed by atoms with Crippen LogP contribution in [0, 0.1) is 0 Å². The lowest BCUT2D eigenvalue weighted by Gasteiger charge is -2.32. The SMILES string of the molecule is c1ccc(-c2nc(C[C@@H]3CN(c4ncccn4)CCO3)no2)nc1. The van der Waals surface area contributed by atoms with Crippen molar-refractivity contribution < 1.29 is 9.26 Å². The topological polar surface area (TPSA) is 90.1 Å². The molecule has 8 nitrogen and oxygen atoms in total. The molecular formula is C16H16N6O2. The van der Waals surface area contributed by atoms with Gasteiger partial charge in [0.1, 0.15) is 5.69 Å². The van der Waals surface area contributed by atoms with Crippen LogP contribution in [0.15, 0.2) is 47.4 Å². The molecule has 8 heteroatoms. The van der Waals surface area contributed by atoms with Gasteiger partial charge in [0.2, 0.25) is 5.95 Å². The van der Waals surface area contributed by atoms with E-state index in [-0.39, 0.29) is 6.10 Å². The van der Waals surface area contributed by atoms with Crippen molar-refractivity contribution in [3.63, 3.8) is 0 Å². The quantitative estimate of drug-likeness (QED) is 0.711. The Hall–Kier alpha value is -2.87. The number of hydrogen-bond acceptors (Lipinski definition) is 8. The average molecular weight is 324 g/mol. The minimum absolute atomic E-state index is 0.0308. The maximum atomic E-state index is 5.81. The third kappa shape index (κ3) is 3.23. The highest BCUT2D eigenvalue weighted by Crippen LogP contribution is 2.17. The van der Waals surface area contributed by atoms with E-state index in [1.165, 1.54) is 0 Å². The van der Waals surface area contributed by atoms with Crippen LogP contribution >= 0.6 is 0 Å². The highest BCUT2D eigenvalue weighted by atomic mass is 16.5. The molecule has 1 fully saturated rings. The monoisotopic (exact) mass is 324 g/mol. The molecule has 4 rings (SSSR count). The number of pyridine rings is 1. The zero-order valence-corrected chi connectivity index (χ0v) is 12.9. The Bertz CT molecular complexity index is 780. The van der Waals surface area contributed by atoms with Crippen LogP contribution in [0.2, 0.25) is 0 Å². The van der Waals surface area contributed by atoms with Gasteiger partial charge in [-0.05, 0) is 18.2 Å². The Kier molecular flexibility index (Phi) is 4.11. The Morgan fingerprint density at radius 2 is 1.96 bits per heavy atom. The largest absolute Gasteiger partial charge is 0.374 e. The fourth-order valence-electron chi connectivity index (χ4n) is 2.61. The van der Waals surface area contributed by atoms with Gasteiger partial charge in [0, 0.05) is 38.1 Å². The van der Waals surface area contributed by atoms with Crippen molar-refractivity contribution >= 4 is 5.95 Å². The summed E-state index contributed by atoms with van der Waals surface area (Å²) in [4.78, 5) is 19.3. The van der Waals surface area contributed by atoms with E-state index >= 15 is 0 Å². The first-order chi connectivity index (χ1) is 11.9. The van der Waals surface area contributed by atoms with E-state index in [9.17, 15) is 0 Å². The second-order valence-electron chi connectivity index (χ2n) is 5.42. The Morgan fingerprint density at radius 1 is 1.08 bits per heavy atom.